The predicted octanol–water partition coefficient (Wildman–Crippen LogP) is 1.07. The van der Waals surface area contributed by atoms with E-state index < -0.39 is 15.2 Å². The number of hydrogen-bond acceptors (Lipinski definition) is 4. The van der Waals surface area contributed by atoms with Crippen LogP contribution < -0.4 is 5.73 Å². The van der Waals surface area contributed by atoms with Crippen LogP contribution in [0.2, 0.25) is 0 Å². The van der Waals surface area contributed by atoms with Gasteiger partial charge in [-0.05, 0) is 40.4 Å². The Kier molecular flexibility index (Phi) is 3.67. The lowest BCUT2D eigenvalue weighted by molar-refractivity contribution is 0.598. The zero-order valence-corrected chi connectivity index (χ0v) is 14.0. The van der Waals surface area contributed by atoms with Gasteiger partial charge in [-0.25, -0.2) is 8.42 Å². The van der Waals surface area contributed by atoms with Gasteiger partial charge in [0, 0.05) is 4.88 Å². The Balaban J connectivity index is 2.10. The van der Waals surface area contributed by atoms with Crippen molar-refractivity contribution in [2.75, 3.05) is 0 Å². The van der Waals surface area contributed by atoms with Crippen molar-refractivity contribution in [3.8, 4) is 0 Å². The summed E-state index contributed by atoms with van der Waals surface area (Å²) >= 11 is 1.23. The number of sulfone groups is 1. The smallest absolute Gasteiger partial charge is 0.215 e. The van der Waals surface area contributed by atoms with Gasteiger partial charge in [-0.1, -0.05) is 30.3 Å². The lowest BCUT2D eigenvalue weighted by Gasteiger charge is -2.15. The molecule has 0 unspecified atom stereocenters. The Hall–Kier alpha value is -1.56. The summed E-state index contributed by atoms with van der Waals surface area (Å²) in [6, 6.07) is 16.4. The second-order valence-electron chi connectivity index (χ2n) is 5.85. The van der Waals surface area contributed by atoms with E-state index in [0.29, 0.717) is 9.10 Å². The molecule has 1 aromatic heterocycles. The Morgan fingerprint density at radius 2 is 1.64 bits per heavy atom. The molecular weight excluding hydrogens is 312 g/mol. The minimum absolute atomic E-state index is 0.314. The number of benzene rings is 2. The summed E-state index contributed by atoms with van der Waals surface area (Å²) in [5.74, 6) is 0. The molecule has 22 heavy (non-hydrogen) atoms. The number of thiophene rings is 1. The van der Waals surface area contributed by atoms with E-state index in [9.17, 15) is 8.42 Å². The highest BCUT2D eigenvalue weighted by Gasteiger charge is 2.24. The maximum atomic E-state index is 12.8. The first-order valence-electron chi connectivity index (χ1n) is 6.91. The monoisotopic (exact) mass is 327 g/mol. The van der Waals surface area contributed by atoms with E-state index in [-0.39, 0.29) is 0 Å². The van der Waals surface area contributed by atoms with E-state index in [0.717, 1.165) is 15.6 Å². The van der Waals surface area contributed by atoms with Crippen molar-refractivity contribution in [3.63, 3.8) is 0 Å². The summed E-state index contributed by atoms with van der Waals surface area (Å²) in [4.78, 5) is 1.17. The minimum Gasteiger partial charge on any atom is -0.335 e. The average molecular weight is 327 g/mol. The van der Waals surface area contributed by atoms with Crippen molar-refractivity contribution >= 4 is 47.6 Å². The summed E-state index contributed by atoms with van der Waals surface area (Å²) in [5.41, 5.74) is 6.04. The zero-order chi connectivity index (χ0) is 16.0. The fourth-order valence-electron chi connectivity index (χ4n) is 2.26. The molecule has 7 heteroatoms. The molecule has 3 nitrogen and oxygen atoms in total. The first-order valence-corrected chi connectivity index (χ1v) is 9.21. The standard InChI is InChI=1S/C15H15B2NO2S2/c16-15(17,18)13-7-8-14(21-13)22(19,20)12-6-5-10-3-1-2-4-11(10)9-12/h1-9H,16-18H2. The van der Waals surface area contributed by atoms with Crippen LogP contribution in [0.4, 0.5) is 0 Å². The van der Waals surface area contributed by atoms with Crippen LogP contribution in [0.3, 0.4) is 0 Å². The fraction of sp³-hybridized carbons (Fsp3) is 0.0667. The molecule has 0 aliphatic heterocycles. The number of nitrogens with two attached hydrogens (primary N) is 1. The second kappa shape index (κ2) is 5.26. The maximum absolute atomic E-state index is 12.8. The second-order valence-corrected chi connectivity index (χ2v) is 9.11. The first kappa shape index (κ1) is 15.3. The third kappa shape index (κ3) is 2.72. The van der Waals surface area contributed by atoms with Gasteiger partial charge < -0.3 is 5.73 Å². The van der Waals surface area contributed by atoms with Crippen LogP contribution in [0.1, 0.15) is 4.88 Å². The Morgan fingerprint density at radius 3 is 2.27 bits per heavy atom. The van der Waals surface area contributed by atoms with Crippen molar-refractivity contribution in [2.24, 2.45) is 5.73 Å². The van der Waals surface area contributed by atoms with Gasteiger partial charge in [-0.15, -0.1) is 11.3 Å². The molecule has 0 atom stereocenters. The van der Waals surface area contributed by atoms with Gasteiger partial charge in [0.1, 0.15) is 19.9 Å². The Morgan fingerprint density at radius 1 is 0.955 bits per heavy atom. The lowest BCUT2D eigenvalue weighted by atomic mass is 9.62. The van der Waals surface area contributed by atoms with E-state index >= 15 is 0 Å². The highest BCUT2D eigenvalue weighted by atomic mass is 32.2. The zero-order valence-electron chi connectivity index (χ0n) is 12.4. The summed E-state index contributed by atoms with van der Waals surface area (Å²) in [5, 5.41) is 1.40. The van der Waals surface area contributed by atoms with Crippen LogP contribution in [0.15, 0.2) is 63.7 Å². The van der Waals surface area contributed by atoms with Gasteiger partial charge in [0.15, 0.2) is 0 Å². The number of fused-ring (bicyclic) bond motifs is 1. The molecule has 0 amide bonds. The van der Waals surface area contributed by atoms with Gasteiger partial charge in [-0.2, -0.15) is 0 Å². The fourth-order valence-corrected chi connectivity index (χ4v) is 5.02. The van der Waals surface area contributed by atoms with Crippen LogP contribution >= 0.6 is 11.3 Å². The van der Waals surface area contributed by atoms with Gasteiger partial charge in [-0.3, -0.25) is 0 Å². The quantitative estimate of drug-likeness (QED) is 0.732. The molecule has 2 aromatic carbocycles. The average Bonchev–Trinajstić information content (AvgIpc) is 2.97. The SMILES string of the molecule is BC(B)(N)c1ccc(S(=O)(=O)c2ccc3ccccc3c2)s1. The van der Waals surface area contributed by atoms with E-state index in [4.69, 9.17) is 5.73 Å². The molecule has 0 spiro atoms. The Bertz CT molecular complexity index is 943. The third-order valence-corrected chi connectivity index (χ3v) is 7.18. The van der Waals surface area contributed by atoms with E-state index in [1.807, 2.05) is 46.0 Å². The maximum Gasteiger partial charge on any atom is 0.215 e. The molecule has 3 aromatic rings. The summed E-state index contributed by atoms with van der Waals surface area (Å²) in [6.45, 7) is 0. The normalized spacial score (nSPS) is 12.6. The molecular formula is C15H15B2NO2S2. The molecule has 110 valence electrons. The third-order valence-electron chi connectivity index (χ3n) is 3.51. The van der Waals surface area contributed by atoms with Crippen LogP contribution in [0.5, 0.6) is 0 Å². The van der Waals surface area contributed by atoms with Crippen molar-refractivity contribution in [3.05, 3.63) is 59.5 Å². The summed E-state index contributed by atoms with van der Waals surface area (Å²) in [7, 11) is 0.226. The van der Waals surface area contributed by atoms with Crippen molar-refractivity contribution < 1.29 is 8.42 Å². The number of rotatable bonds is 3. The first-order chi connectivity index (χ1) is 10.3. The van der Waals surface area contributed by atoms with E-state index in [1.54, 1.807) is 24.3 Å². The molecule has 0 fully saturated rings. The molecule has 0 aliphatic rings. The molecule has 0 aliphatic carbocycles. The molecule has 3 rings (SSSR count). The minimum atomic E-state index is -3.51. The molecule has 1 heterocycles. The predicted molar refractivity (Wildman–Crippen MR) is 96.7 cm³/mol. The Labute approximate surface area is 135 Å². The van der Waals surface area contributed by atoms with Crippen molar-refractivity contribution in [1.82, 2.24) is 0 Å². The topological polar surface area (TPSA) is 60.2 Å². The number of hydrogen-bond donors (Lipinski definition) is 1. The van der Waals surface area contributed by atoms with Crippen molar-refractivity contribution in [1.29, 1.82) is 0 Å². The van der Waals surface area contributed by atoms with Crippen LogP contribution in [-0.2, 0) is 15.2 Å². The van der Waals surface area contributed by atoms with E-state index in [1.165, 1.54) is 11.3 Å². The van der Waals surface area contributed by atoms with Crippen LogP contribution in [0.25, 0.3) is 10.8 Å². The molecule has 0 radical (unpaired) electrons. The molecule has 0 bridgehead atoms. The van der Waals surface area contributed by atoms with Crippen molar-refractivity contribution in [2.45, 2.75) is 14.4 Å². The molecule has 0 saturated carbocycles. The summed E-state index contributed by atoms with van der Waals surface area (Å²) in [6.07, 6.45) is 0. The highest BCUT2D eigenvalue weighted by Crippen LogP contribution is 2.31. The van der Waals surface area contributed by atoms with E-state index in [2.05, 4.69) is 0 Å². The van der Waals surface area contributed by atoms with Gasteiger partial charge in [0.2, 0.25) is 9.84 Å². The van der Waals surface area contributed by atoms with Gasteiger partial charge >= 0.3 is 0 Å². The van der Waals surface area contributed by atoms with Gasteiger partial charge in [0.05, 0.1) is 4.90 Å². The summed E-state index contributed by atoms with van der Waals surface area (Å²) < 4.78 is 25.9. The van der Waals surface area contributed by atoms with Crippen LogP contribution in [-0.4, -0.2) is 24.1 Å². The van der Waals surface area contributed by atoms with Crippen LogP contribution in [0, 0.1) is 0 Å². The highest BCUT2D eigenvalue weighted by molar-refractivity contribution is 7.93. The molecule has 0 saturated heterocycles. The van der Waals surface area contributed by atoms with Gasteiger partial charge in [0.25, 0.3) is 0 Å². The lowest BCUT2D eigenvalue weighted by Crippen LogP contribution is -2.36. The molecule has 2 N–H and O–H groups in total. The largest absolute Gasteiger partial charge is 0.335 e.